The van der Waals surface area contributed by atoms with Gasteiger partial charge in [-0.3, -0.25) is 4.98 Å². The summed E-state index contributed by atoms with van der Waals surface area (Å²) in [6.07, 6.45) is 8.38. The number of pyridine rings is 1. The molecule has 0 radical (unpaired) electrons. The van der Waals surface area contributed by atoms with Crippen LogP contribution in [-0.2, 0) is 19.4 Å². The van der Waals surface area contributed by atoms with Crippen molar-refractivity contribution in [1.82, 2.24) is 9.88 Å². The van der Waals surface area contributed by atoms with Crippen LogP contribution >= 0.6 is 0 Å². The smallest absolute Gasteiger partial charge is 0.0696 e. The molecule has 0 aliphatic carbocycles. The maximum atomic E-state index is 9.23. The Morgan fingerprint density at radius 2 is 1.84 bits per heavy atom. The van der Waals surface area contributed by atoms with Gasteiger partial charge in [-0.1, -0.05) is 24.3 Å². The van der Waals surface area contributed by atoms with Gasteiger partial charge in [0.15, 0.2) is 0 Å². The van der Waals surface area contributed by atoms with E-state index in [-0.39, 0.29) is 6.61 Å². The Labute approximate surface area is 150 Å². The van der Waals surface area contributed by atoms with Crippen molar-refractivity contribution in [3.05, 3.63) is 59.4 Å². The van der Waals surface area contributed by atoms with Crippen LogP contribution in [0.1, 0.15) is 29.5 Å². The second kappa shape index (κ2) is 7.54. The molecule has 0 atom stereocenters. The molecule has 25 heavy (non-hydrogen) atoms. The van der Waals surface area contributed by atoms with Crippen LogP contribution in [0, 0.1) is 0 Å². The Kier molecular flexibility index (Phi) is 4.99. The number of fused-ring (bicyclic) bond motifs is 1. The van der Waals surface area contributed by atoms with Gasteiger partial charge in [0.2, 0.25) is 0 Å². The number of aromatic nitrogens is 1. The van der Waals surface area contributed by atoms with E-state index in [1.807, 2.05) is 6.20 Å². The minimum atomic E-state index is 0.0730. The molecule has 4 heteroatoms. The first-order valence-electron chi connectivity index (χ1n) is 9.44. The highest BCUT2D eigenvalue weighted by Gasteiger charge is 2.28. The monoisotopic (exact) mass is 337 g/mol. The molecule has 1 saturated heterocycles. The first-order valence-corrected chi connectivity index (χ1v) is 9.44. The van der Waals surface area contributed by atoms with Gasteiger partial charge in [0.05, 0.1) is 6.61 Å². The highest BCUT2D eigenvalue weighted by molar-refractivity contribution is 5.58. The molecule has 3 heterocycles. The van der Waals surface area contributed by atoms with E-state index in [4.69, 9.17) is 0 Å². The van der Waals surface area contributed by atoms with Crippen molar-refractivity contribution in [2.75, 3.05) is 31.1 Å². The number of benzene rings is 1. The fourth-order valence-electron chi connectivity index (χ4n) is 4.25. The Morgan fingerprint density at radius 1 is 1.04 bits per heavy atom. The van der Waals surface area contributed by atoms with E-state index in [0.29, 0.717) is 6.04 Å². The van der Waals surface area contributed by atoms with Crippen LogP contribution < -0.4 is 4.90 Å². The number of aliphatic hydroxyl groups is 1. The molecule has 4 nitrogen and oxygen atoms in total. The highest BCUT2D eigenvalue weighted by atomic mass is 16.3. The fourth-order valence-corrected chi connectivity index (χ4v) is 4.25. The van der Waals surface area contributed by atoms with Crippen LogP contribution in [0.15, 0.2) is 42.7 Å². The summed E-state index contributed by atoms with van der Waals surface area (Å²) in [5.41, 5.74) is 5.11. The number of hydrogen-bond acceptors (Lipinski definition) is 4. The number of hydrogen-bond donors (Lipinski definition) is 1. The molecule has 1 fully saturated rings. The molecule has 2 aliphatic heterocycles. The Bertz CT molecular complexity index is 710. The van der Waals surface area contributed by atoms with Crippen LogP contribution in [0.2, 0.25) is 0 Å². The number of anilines is 1. The zero-order chi connectivity index (χ0) is 17.1. The maximum Gasteiger partial charge on any atom is 0.0696 e. The van der Waals surface area contributed by atoms with E-state index in [9.17, 15) is 5.11 Å². The summed E-state index contributed by atoms with van der Waals surface area (Å²) >= 11 is 0. The lowest BCUT2D eigenvalue weighted by molar-refractivity contribution is 0.212. The summed E-state index contributed by atoms with van der Waals surface area (Å²) in [7, 11) is 0. The van der Waals surface area contributed by atoms with Crippen molar-refractivity contribution in [1.29, 1.82) is 0 Å². The van der Waals surface area contributed by atoms with Crippen molar-refractivity contribution in [2.24, 2.45) is 0 Å². The Morgan fingerprint density at radius 3 is 2.68 bits per heavy atom. The number of nitrogens with zero attached hydrogens (tertiary/aromatic N) is 3. The normalized spacial score (nSPS) is 18.5. The molecule has 1 aromatic carbocycles. The molecule has 4 rings (SSSR count). The topological polar surface area (TPSA) is 39.6 Å². The van der Waals surface area contributed by atoms with Crippen molar-refractivity contribution >= 4 is 5.69 Å². The Balaban J connectivity index is 1.29. The summed E-state index contributed by atoms with van der Waals surface area (Å²) in [5.74, 6) is 0. The van der Waals surface area contributed by atoms with E-state index in [2.05, 4.69) is 45.1 Å². The summed E-state index contributed by atoms with van der Waals surface area (Å²) in [6, 6.07) is 11.7. The molecule has 0 saturated carbocycles. The average molecular weight is 337 g/mol. The van der Waals surface area contributed by atoms with Crippen LogP contribution in [0.5, 0.6) is 0 Å². The summed E-state index contributed by atoms with van der Waals surface area (Å²) < 4.78 is 0. The number of piperidine rings is 1. The predicted octanol–water partition coefficient (Wildman–Crippen LogP) is 2.64. The van der Waals surface area contributed by atoms with Crippen LogP contribution in [0.3, 0.4) is 0 Å². The van der Waals surface area contributed by atoms with Crippen LogP contribution in [-0.4, -0.2) is 47.2 Å². The van der Waals surface area contributed by atoms with E-state index in [1.165, 1.54) is 55.7 Å². The Hall–Kier alpha value is -1.91. The number of para-hydroxylation sites is 1. The highest BCUT2D eigenvalue weighted by Crippen LogP contribution is 2.32. The molecular formula is C21H27N3O. The van der Waals surface area contributed by atoms with Crippen LogP contribution in [0.25, 0.3) is 0 Å². The molecular weight excluding hydrogens is 310 g/mol. The molecule has 0 unspecified atom stereocenters. The second-order valence-electron chi connectivity index (χ2n) is 7.25. The third-order valence-electron chi connectivity index (χ3n) is 5.67. The molecule has 2 aromatic rings. The van der Waals surface area contributed by atoms with Crippen molar-refractivity contribution < 1.29 is 5.11 Å². The van der Waals surface area contributed by atoms with Gasteiger partial charge in [-0.2, -0.15) is 0 Å². The predicted molar refractivity (Wildman–Crippen MR) is 101 cm³/mol. The molecule has 1 N–H and O–H groups in total. The quantitative estimate of drug-likeness (QED) is 0.910. The molecule has 1 aromatic heterocycles. The zero-order valence-electron chi connectivity index (χ0n) is 14.8. The standard InChI is InChI=1S/C21H27N3O/c25-16-18-13-17(14-22-15-18)5-9-23-10-7-20(8-11-23)24-12-6-19-3-1-2-4-21(19)24/h1-4,13-15,20,25H,5-12,16H2. The van der Waals surface area contributed by atoms with Crippen molar-refractivity contribution in [2.45, 2.75) is 38.3 Å². The number of rotatable bonds is 5. The lowest BCUT2D eigenvalue weighted by atomic mass is 10.0. The van der Waals surface area contributed by atoms with Gasteiger partial charge in [0.25, 0.3) is 0 Å². The van der Waals surface area contributed by atoms with E-state index < -0.39 is 0 Å². The molecule has 0 amide bonds. The maximum absolute atomic E-state index is 9.23. The van der Waals surface area contributed by atoms with Gasteiger partial charge in [0, 0.05) is 50.3 Å². The van der Waals surface area contributed by atoms with Gasteiger partial charge in [-0.15, -0.1) is 0 Å². The lowest BCUT2D eigenvalue weighted by Crippen LogP contribution is -2.45. The van der Waals surface area contributed by atoms with E-state index >= 15 is 0 Å². The zero-order valence-corrected chi connectivity index (χ0v) is 14.8. The summed E-state index contributed by atoms with van der Waals surface area (Å²) in [4.78, 5) is 9.43. The van der Waals surface area contributed by atoms with E-state index in [1.54, 1.807) is 6.20 Å². The minimum Gasteiger partial charge on any atom is -0.392 e. The third-order valence-corrected chi connectivity index (χ3v) is 5.67. The number of aliphatic hydroxyl groups excluding tert-OH is 1. The molecule has 0 bridgehead atoms. The third kappa shape index (κ3) is 3.70. The van der Waals surface area contributed by atoms with Gasteiger partial charge >= 0.3 is 0 Å². The van der Waals surface area contributed by atoms with Crippen LogP contribution in [0.4, 0.5) is 5.69 Å². The molecule has 2 aliphatic rings. The van der Waals surface area contributed by atoms with Gasteiger partial charge in [0.1, 0.15) is 0 Å². The minimum absolute atomic E-state index is 0.0730. The first kappa shape index (κ1) is 16.6. The lowest BCUT2D eigenvalue weighted by Gasteiger charge is -2.38. The number of likely N-dealkylation sites (tertiary alicyclic amines) is 1. The SMILES string of the molecule is OCc1cncc(CCN2CCC(N3CCc4ccccc43)CC2)c1. The van der Waals surface area contributed by atoms with E-state index in [0.717, 1.165) is 18.5 Å². The molecule has 0 spiro atoms. The summed E-state index contributed by atoms with van der Waals surface area (Å²) in [5, 5.41) is 9.23. The second-order valence-corrected chi connectivity index (χ2v) is 7.25. The van der Waals surface area contributed by atoms with Gasteiger partial charge in [-0.05, 0) is 48.4 Å². The fraction of sp³-hybridized carbons (Fsp3) is 0.476. The first-order chi connectivity index (χ1) is 12.3. The summed E-state index contributed by atoms with van der Waals surface area (Å²) in [6.45, 7) is 4.69. The van der Waals surface area contributed by atoms with Gasteiger partial charge < -0.3 is 14.9 Å². The van der Waals surface area contributed by atoms with Gasteiger partial charge in [-0.25, -0.2) is 0 Å². The van der Waals surface area contributed by atoms with Crippen molar-refractivity contribution in [3.63, 3.8) is 0 Å². The molecule has 132 valence electrons. The average Bonchev–Trinajstić information content (AvgIpc) is 3.11. The largest absolute Gasteiger partial charge is 0.392 e. The van der Waals surface area contributed by atoms with Crippen molar-refractivity contribution in [3.8, 4) is 0 Å².